The van der Waals surface area contributed by atoms with Crippen LogP contribution in [0.1, 0.15) is 98.8 Å². The van der Waals surface area contributed by atoms with Gasteiger partial charge in [0.05, 0.1) is 0 Å². The van der Waals surface area contributed by atoms with Crippen molar-refractivity contribution in [3.05, 3.63) is 11.6 Å². The van der Waals surface area contributed by atoms with Crippen molar-refractivity contribution in [2.45, 2.75) is 98.8 Å². The molecule has 1 heteroatoms. The molecule has 4 aliphatic rings. The third kappa shape index (κ3) is 2.73. The van der Waals surface area contributed by atoms with E-state index in [0.29, 0.717) is 11.2 Å². The molecule has 0 amide bonds. The molecule has 0 heterocycles. The quantitative estimate of drug-likeness (QED) is 0.480. The summed E-state index contributed by atoms with van der Waals surface area (Å²) < 4.78 is 0. The Morgan fingerprint density at radius 1 is 1.04 bits per heavy atom. The average Bonchev–Trinajstić information content (AvgIpc) is 3.02. The van der Waals surface area contributed by atoms with E-state index in [1.54, 1.807) is 0 Å². The van der Waals surface area contributed by atoms with E-state index in [0.717, 1.165) is 35.2 Å². The SMILES string of the molecule is C/C=C(\C)C(=O)C1C[C@H]2[C@@H](CCC3CCCC[C@@]32C)[C@@H]2CC[C@H](CC)[C@@]12C. The average molecular weight is 371 g/mol. The zero-order valence-electron chi connectivity index (χ0n) is 18.5. The van der Waals surface area contributed by atoms with Gasteiger partial charge in [-0.1, -0.05) is 46.1 Å². The number of carbonyl (C=O) groups excluding carboxylic acids is 1. The minimum absolute atomic E-state index is 0.245. The molecule has 0 aromatic heterocycles. The second-order valence-corrected chi connectivity index (χ2v) is 11.1. The van der Waals surface area contributed by atoms with Crippen molar-refractivity contribution in [3.63, 3.8) is 0 Å². The molecule has 0 N–H and O–H groups in total. The number of allylic oxidation sites excluding steroid dienone is 2. The molecule has 27 heavy (non-hydrogen) atoms. The van der Waals surface area contributed by atoms with Gasteiger partial charge in [-0.3, -0.25) is 4.79 Å². The lowest BCUT2D eigenvalue weighted by atomic mass is 9.42. The molecule has 0 aliphatic heterocycles. The Balaban J connectivity index is 1.75. The number of Topliss-reactive ketones (excluding diaryl/α,β-unsaturated/α-hetero) is 1. The number of ketones is 1. The Bertz CT molecular complexity index is 618. The van der Waals surface area contributed by atoms with Crippen LogP contribution in [0.15, 0.2) is 11.6 Å². The molecule has 4 fully saturated rings. The molecule has 0 spiro atoms. The first-order chi connectivity index (χ1) is 12.9. The van der Waals surface area contributed by atoms with Crippen LogP contribution in [-0.4, -0.2) is 5.78 Å². The van der Waals surface area contributed by atoms with E-state index in [2.05, 4.69) is 33.8 Å². The topological polar surface area (TPSA) is 17.1 Å². The van der Waals surface area contributed by atoms with Gasteiger partial charge in [0.2, 0.25) is 0 Å². The predicted octanol–water partition coefficient (Wildman–Crippen LogP) is 7.21. The normalized spacial score (nSPS) is 49.9. The largest absolute Gasteiger partial charge is 0.294 e. The summed E-state index contributed by atoms with van der Waals surface area (Å²) in [6.45, 7) is 11.6. The molecule has 0 aromatic carbocycles. The van der Waals surface area contributed by atoms with Crippen LogP contribution in [0.5, 0.6) is 0 Å². The van der Waals surface area contributed by atoms with Gasteiger partial charge in [0, 0.05) is 5.92 Å². The summed E-state index contributed by atoms with van der Waals surface area (Å²) in [5.74, 6) is 4.91. The van der Waals surface area contributed by atoms with Gasteiger partial charge in [-0.2, -0.15) is 0 Å². The van der Waals surface area contributed by atoms with Gasteiger partial charge in [-0.15, -0.1) is 0 Å². The molecule has 0 bridgehead atoms. The highest BCUT2D eigenvalue weighted by Crippen LogP contribution is 2.69. The molecule has 4 rings (SSSR count). The van der Waals surface area contributed by atoms with Crippen LogP contribution < -0.4 is 0 Å². The number of hydrogen-bond acceptors (Lipinski definition) is 1. The maximum atomic E-state index is 13.6. The third-order valence-electron chi connectivity index (χ3n) is 10.6. The first kappa shape index (κ1) is 19.7. The van der Waals surface area contributed by atoms with E-state index in [1.165, 1.54) is 64.2 Å². The third-order valence-corrected chi connectivity index (χ3v) is 10.6. The standard InChI is InChI=1S/C26H42O/c1-6-17(3)24(27)23-16-22-20(21-14-12-18(7-2)26(21,23)5)13-11-19-10-8-9-15-25(19,22)4/h6,18-23H,7-16H2,1-5H3/b17-6+/t18-,19?,20-,21-,22-,23?,25-,26+/m0/s1. The Hall–Kier alpha value is -0.590. The zero-order chi connectivity index (χ0) is 19.4. The molecular weight excluding hydrogens is 328 g/mol. The van der Waals surface area contributed by atoms with Gasteiger partial charge in [0.15, 0.2) is 5.78 Å². The molecule has 2 unspecified atom stereocenters. The molecule has 0 saturated heterocycles. The molecule has 4 saturated carbocycles. The fourth-order valence-electron chi connectivity index (χ4n) is 8.88. The van der Waals surface area contributed by atoms with Crippen LogP contribution in [0.25, 0.3) is 0 Å². The first-order valence-corrected chi connectivity index (χ1v) is 12.0. The van der Waals surface area contributed by atoms with Crippen LogP contribution in [0.4, 0.5) is 0 Å². The van der Waals surface area contributed by atoms with Crippen LogP contribution in [0.2, 0.25) is 0 Å². The Kier molecular flexibility index (Phi) is 5.13. The number of rotatable bonds is 3. The molecule has 0 aromatic rings. The zero-order valence-corrected chi connectivity index (χ0v) is 18.5. The minimum atomic E-state index is 0.245. The number of carbonyl (C=O) groups is 1. The van der Waals surface area contributed by atoms with E-state index >= 15 is 0 Å². The van der Waals surface area contributed by atoms with Crippen LogP contribution in [-0.2, 0) is 4.79 Å². The van der Waals surface area contributed by atoms with E-state index in [1.807, 2.05) is 6.92 Å². The second-order valence-electron chi connectivity index (χ2n) is 11.1. The van der Waals surface area contributed by atoms with E-state index in [-0.39, 0.29) is 11.3 Å². The lowest BCUT2D eigenvalue weighted by Crippen LogP contribution is -2.57. The maximum absolute atomic E-state index is 13.6. The van der Waals surface area contributed by atoms with Crippen molar-refractivity contribution in [3.8, 4) is 0 Å². The molecule has 0 radical (unpaired) electrons. The summed E-state index contributed by atoms with van der Waals surface area (Å²) in [6, 6.07) is 0. The van der Waals surface area contributed by atoms with Crippen LogP contribution in [0.3, 0.4) is 0 Å². The highest BCUT2D eigenvalue weighted by atomic mass is 16.1. The van der Waals surface area contributed by atoms with Crippen molar-refractivity contribution < 1.29 is 4.79 Å². The van der Waals surface area contributed by atoms with Gasteiger partial charge in [0.25, 0.3) is 0 Å². The predicted molar refractivity (Wildman–Crippen MR) is 113 cm³/mol. The lowest BCUT2D eigenvalue weighted by Gasteiger charge is -2.62. The molecule has 8 atom stereocenters. The minimum Gasteiger partial charge on any atom is -0.294 e. The van der Waals surface area contributed by atoms with Gasteiger partial charge < -0.3 is 0 Å². The Labute approximate surface area is 167 Å². The molecule has 1 nitrogen and oxygen atoms in total. The maximum Gasteiger partial charge on any atom is 0.161 e. The summed E-state index contributed by atoms with van der Waals surface area (Å²) in [7, 11) is 0. The molecule has 152 valence electrons. The van der Waals surface area contributed by atoms with Crippen molar-refractivity contribution in [1.82, 2.24) is 0 Å². The summed E-state index contributed by atoms with van der Waals surface area (Å²) in [5, 5.41) is 0. The van der Waals surface area contributed by atoms with Crippen molar-refractivity contribution in [2.75, 3.05) is 0 Å². The summed E-state index contributed by atoms with van der Waals surface area (Å²) in [6.07, 6.45) is 15.9. The van der Waals surface area contributed by atoms with Crippen molar-refractivity contribution in [1.29, 1.82) is 0 Å². The van der Waals surface area contributed by atoms with Crippen molar-refractivity contribution in [2.24, 2.45) is 46.3 Å². The summed E-state index contributed by atoms with van der Waals surface area (Å²) >= 11 is 0. The first-order valence-electron chi connectivity index (χ1n) is 12.0. The Morgan fingerprint density at radius 2 is 1.81 bits per heavy atom. The number of fused-ring (bicyclic) bond motifs is 5. The van der Waals surface area contributed by atoms with Gasteiger partial charge in [-0.05, 0) is 105 Å². The summed E-state index contributed by atoms with van der Waals surface area (Å²) in [4.78, 5) is 13.6. The van der Waals surface area contributed by atoms with Gasteiger partial charge >= 0.3 is 0 Å². The Morgan fingerprint density at radius 3 is 2.52 bits per heavy atom. The van der Waals surface area contributed by atoms with Crippen LogP contribution in [0, 0.1) is 46.3 Å². The summed E-state index contributed by atoms with van der Waals surface area (Å²) in [5.41, 5.74) is 1.77. The lowest BCUT2D eigenvalue weighted by molar-refractivity contribution is -0.154. The second kappa shape index (κ2) is 7.03. The fourth-order valence-corrected chi connectivity index (χ4v) is 8.88. The highest BCUT2D eigenvalue weighted by Gasteiger charge is 2.63. The van der Waals surface area contributed by atoms with E-state index in [9.17, 15) is 4.79 Å². The van der Waals surface area contributed by atoms with Crippen LogP contribution >= 0.6 is 0 Å². The van der Waals surface area contributed by atoms with Gasteiger partial charge in [0.1, 0.15) is 0 Å². The highest BCUT2D eigenvalue weighted by molar-refractivity contribution is 5.97. The fraction of sp³-hybridized carbons (Fsp3) is 0.885. The van der Waals surface area contributed by atoms with E-state index < -0.39 is 0 Å². The smallest absolute Gasteiger partial charge is 0.161 e. The van der Waals surface area contributed by atoms with Gasteiger partial charge in [-0.25, -0.2) is 0 Å². The van der Waals surface area contributed by atoms with E-state index in [4.69, 9.17) is 0 Å². The molecule has 4 aliphatic carbocycles. The van der Waals surface area contributed by atoms with Crippen molar-refractivity contribution >= 4 is 5.78 Å². The monoisotopic (exact) mass is 370 g/mol. The number of hydrogen-bond donors (Lipinski definition) is 0. The molecular formula is C26H42O.